The molecule has 1 aromatic carbocycles. The highest BCUT2D eigenvalue weighted by Gasteiger charge is 2.19. The summed E-state index contributed by atoms with van der Waals surface area (Å²) in [5, 5.41) is 0. The van der Waals surface area contributed by atoms with E-state index < -0.39 is 0 Å². The topological polar surface area (TPSA) is 45.4 Å². The molecule has 0 saturated carbocycles. The minimum Gasteiger partial charge on any atom is -0.399 e. The third kappa shape index (κ3) is 2.79. The highest BCUT2D eigenvalue weighted by Crippen LogP contribution is 2.25. The van der Waals surface area contributed by atoms with Gasteiger partial charge < -0.3 is 15.5 Å². The standard InChI is InChI=1S/C17H22N4/c1-13-4-3-5-16(14(13)2)20-8-10-21(11-9-20)17-12-15(18)6-7-19-17/h3-7,12H,8-11H2,1-2H3,(H2,18,19). The van der Waals surface area contributed by atoms with Gasteiger partial charge in [0, 0.05) is 49.8 Å². The molecule has 1 fully saturated rings. The minimum absolute atomic E-state index is 0.775. The minimum atomic E-state index is 0.775. The number of benzene rings is 1. The van der Waals surface area contributed by atoms with E-state index in [9.17, 15) is 0 Å². The maximum atomic E-state index is 5.84. The SMILES string of the molecule is Cc1cccc(N2CCN(c3cc(N)ccn3)CC2)c1C. The highest BCUT2D eigenvalue weighted by molar-refractivity contribution is 5.58. The van der Waals surface area contributed by atoms with Crippen LogP contribution in [0.15, 0.2) is 36.5 Å². The quantitative estimate of drug-likeness (QED) is 0.919. The van der Waals surface area contributed by atoms with E-state index in [0.717, 1.165) is 37.7 Å². The number of anilines is 3. The summed E-state index contributed by atoms with van der Waals surface area (Å²) in [6.45, 7) is 8.36. The van der Waals surface area contributed by atoms with Gasteiger partial charge in [-0.15, -0.1) is 0 Å². The summed E-state index contributed by atoms with van der Waals surface area (Å²) in [5.41, 5.74) is 10.7. The smallest absolute Gasteiger partial charge is 0.130 e. The summed E-state index contributed by atoms with van der Waals surface area (Å²) in [6.07, 6.45) is 1.78. The molecule has 21 heavy (non-hydrogen) atoms. The van der Waals surface area contributed by atoms with Crippen molar-refractivity contribution in [3.8, 4) is 0 Å². The van der Waals surface area contributed by atoms with Crippen LogP contribution in [0.25, 0.3) is 0 Å². The van der Waals surface area contributed by atoms with Crippen molar-refractivity contribution in [2.75, 3.05) is 41.7 Å². The van der Waals surface area contributed by atoms with Crippen molar-refractivity contribution in [2.45, 2.75) is 13.8 Å². The van der Waals surface area contributed by atoms with E-state index in [1.165, 1.54) is 16.8 Å². The molecule has 0 spiro atoms. The number of nitrogens with zero attached hydrogens (tertiary/aromatic N) is 3. The molecule has 4 heteroatoms. The molecule has 4 nitrogen and oxygen atoms in total. The van der Waals surface area contributed by atoms with Gasteiger partial charge in [-0.05, 0) is 37.1 Å². The molecule has 1 aromatic heterocycles. The first-order chi connectivity index (χ1) is 10.1. The Hall–Kier alpha value is -2.23. The van der Waals surface area contributed by atoms with E-state index >= 15 is 0 Å². The van der Waals surface area contributed by atoms with Crippen molar-refractivity contribution < 1.29 is 0 Å². The van der Waals surface area contributed by atoms with Crippen LogP contribution in [-0.2, 0) is 0 Å². The van der Waals surface area contributed by atoms with Crippen LogP contribution in [0.1, 0.15) is 11.1 Å². The van der Waals surface area contributed by atoms with Crippen LogP contribution < -0.4 is 15.5 Å². The maximum absolute atomic E-state index is 5.84. The zero-order chi connectivity index (χ0) is 14.8. The van der Waals surface area contributed by atoms with Gasteiger partial charge in [0.2, 0.25) is 0 Å². The number of pyridine rings is 1. The summed E-state index contributed by atoms with van der Waals surface area (Å²) >= 11 is 0. The molecule has 0 radical (unpaired) electrons. The van der Waals surface area contributed by atoms with Crippen molar-refractivity contribution in [1.82, 2.24) is 4.98 Å². The number of nitrogens with two attached hydrogens (primary N) is 1. The first kappa shape index (κ1) is 13.7. The lowest BCUT2D eigenvalue weighted by Gasteiger charge is -2.37. The number of piperazine rings is 1. The van der Waals surface area contributed by atoms with Crippen molar-refractivity contribution in [3.05, 3.63) is 47.7 Å². The van der Waals surface area contributed by atoms with Crippen molar-refractivity contribution in [3.63, 3.8) is 0 Å². The molecule has 3 rings (SSSR count). The monoisotopic (exact) mass is 282 g/mol. The molecule has 2 heterocycles. The number of hydrogen-bond donors (Lipinski definition) is 1. The van der Waals surface area contributed by atoms with Crippen LogP contribution in [-0.4, -0.2) is 31.2 Å². The second-order valence-electron chi connectivity index (χ2n) is 5.64. The molecule has 110 valence electrons. The molecule has 1 aliphatic rings. The molecule has 2 N–H and O–H groups in total. The van der Waals surface area contributed by atoms with Crippen LogP contribution in [0.4, 0.5) is 17.2 Å². The van der Waals surface area contributed by atoms with E-state index in [4.69, 9.17) is 5.73 Å². The van der Waals surface area contributed by atoms with Gasteiger partial charge in [-0.1, -0.05) is 12.1 Å². The summed E-state index contributed by atoms with van der Waals surface area (Å²) in [5.74, 6) is 0.982. The van der Waals surface area contributed by atoms with Crippen LogP contribution in [0.3, 0.4) is 0 Å². The van der Waals surface area contributed by atoms with Crippen LogP contribution >= 0.6 is 0 Å². The number of aryl methyl sites for hydroxylation is 1. The Morgan fingerprint density at radius 1 is 1.00 bits per heavy atom. The molecule has 0 atom stereocenters. The third-order valence-electron chi connectivity index (χ3n) is 4.29. The molecule has 0 aliphatic carbocycles. The van der Waals surface area contributed by atoms with Crippen LogP contribution in [0.5, 0.6) is 0 Å². The van der Waals surface area contributed by atoms with Crippen LogP contribution in [0, 0.1) is 13.8 Å². The van der Waals surface area contributed by atoms with Gasteiger partial charge in [0.05, 0.1) is 0 Å². The third-order valence-corrected chi connectivity index (χ3v) is 4.29. The predicted octanol–water partition coefficient (Wildman–Crippen LogP) is 2.61. The number of rotatable bonds is 2. The van der Waals surface area contributed by atoms with Gasteiger partial charge in [-0.2, -0.15) is 0 Å². The van der Waals surface area contributed by atoms with Gasteiger partial charge in [-0.25, -0.2) is 4.98 Å². The number of aromatic nitrogens is 1. The molecule has 1 aliphatic heterocycles. The summed E-state index contributed by atoms with van der Waals surface area (Å²) in [6, 6.07) is 10.3. The maximum Gasteiger partial charge on any atom is 0.130 e. The summed E-state index contributed by atoms with van der Waals surface area (Å²) < 4.78 is 0. The average molecular weight is 282 g/mol. The van der Waals surface area contributed by atoms with E-state index in [0.29, 0.717) is 0 Å². The van der Waals surface area contributed by atoms with Crippen molar-refractivity contribution >= 4 is 17.2 Å². The average Bonchev–Trinajstić information content (AvgIpc) is 2.50. The van der Waals surface area contributed by atoms with Crippen molar-refractivity contribution in [2.24, 2.45) is 0 Å². The van der Waals surface area contributed by atoms with Gasteiger partial charge in [0.25, 0.3) is 0 Å². The lowest BCUT2D eigenvalue weighted by Crippen LogP contribution is -2.47. The van der Waals surface area contributed by atoms with Gasteiger partial charge >= 0.3 is 0 Å². The fourth-order valence-corrected chi connectivity index (χ4v) is 2.86. The fraction of sp³-hybridized carbons (Fsp3) is 0.353. The largest absolute Gasteiger partial charge is 0.399 e. The van der Waals surface area contributed by atoms with Gasteiger partial charge in [0.15, 0.2) is 0 Å². The van der Waals surface area contributed by atoms with E-state index in [1.807, 2.05) is 12.1 Å². The van der Waals surface area contributed by atoms with E-state index in [2.05, 4.69) is 46.8 Å². The molecular weight excluding hydrogens is 260 g/mol. The molecule has 2 aromatic rings. The summed E-state index contributed by atoms with van der Waals surface area (Å²) in [7, 11) is 0. The van der Waals surface area contributed by atoms with E-state index in [1.54, 1.807) is 6.20 Å². The molecular formula is C17H22N4. The lowest BCUT2D eigenvalue weighted by molar-refractivity contribution is 0.646. The van der Waals surface area contributed by atoms with Crippen molar-refractivity contribution in [1.29, 1.82) is 0 Å². The Balaban J connectivity index is 1.72. The van der Waals surface area contributed by atoms with Gasteiger partial charge in [-0.3, -0.25) is 0 Å². The summed E-state index contributed by atoms with van der Waals surface area (Å²) in [4.78, 5) is 9.19. The first-order valence-electron chi connectivity index (χ1n) is 7.43. The molecule has 1 saturated heterocycles. The second kappa shape index (κ2) is 5.64. The fourth-order valence-electron chi connectivity index (χ4n) is 2.86. The zero-order valence-electron chi connectivity index (χ0n) is 12.7. The molecule has 0 unspecified atom stereocenters. The van der Waals surface area contributed by atoms with E-state index in [-0.39, 0.29) is 0 Å². The Labute approximate surface area is 126 Å². The molecule has 0 bridgehead atoms. The van der Waals surface area contributed by atoms with Gasteiger partial charge in [0.1, 0.15) is 5.82 Å². The Kier molecular flexibility index (Phi) is 3.69. The second-order valence-corrected chi connectivity index (χ2v) is 5.64. The number of hydrogen-bond acceptors (Lipinski definition) is 4. The zero-order valence-corrected chi connectivity index (χ0v) is 12.7. The first-order valence-corrected chi connectivity index (χ1v) is 7.43. The van der Waals surface area contributed by atoms with Crippen LogP contribution in [0.2, 0.25) is 0 Å². The Morgan fingerprint density at radius 3 is 2.43 bits per heavy atom. The Bertz CT molecular complexity index is 630. The normalized spacial score (nSPS) is 15.3. The lowest BCUT2D eigenvalue weighted by atomic mass is 10.1. The molecule has 0 amide bonds. The highest BCUT2D eigenvalue weighted by atomic mass is 15.3. The Morgan fingerprint density at radius 2 is 1.71 bits per heavy atom. The number of nitrogen functional groups attached to an aromatic ring is 1. The predicted molar refractivity (Wildman–Crippen MR) is 89.0 cm³/mol.